The second-order valence-electron chi connectivity index (χ2n) is 7.06. The molecule has 0 spiro atoms. The minimum atomic E-state index is -3.60. The van der Waals surface area contributed by atoms with Crippen molar-refractivity contribution in [1.29, 1.82) is 0 Å². The average Bonchev–Trinajstić information content (AvgIpc) is 2.81. The zero-order valence-corrected chi connectivity index (χ0v) is 17.0. The Balaban J connectivity index is 2.17. The van der Waals surface area contributed by atoms with E-state index < -0.39 is 6.83 Å². The molecule has 0 heterocycles. The SMILES string of the molecule is O=COP(Cc1ccccc1)(c1ccccc1)(c1ccccc1)c1ccccc1. The number of hydrogen-bond acceptors (Lipinski definition) is 2. The van der Waals surface area contributed by atoms with E-state index in [9.17, 15) is 4.79 Å². The summed E-state index contributed by atoms with van der Waals surface area (Å²) >= 11 is 0. The van der Waals surface area contributed by atoms with E-state index in [0.717, 1.165) is 21.5 Å². The molecule has 0 atom stereocenters. The standard InChI is InChI=1S/C26H23O2P/c27-22-28-29(24-15-7-2-8-16-24,25-17-9-3-10-18-25,26-19-11-4-12-20-26)21-23-13-5-1-6-14-23/h1-20,22H,21H2. The summed E-state index contributed by atoms with van der Waals surface area (Å²) in [5.74, 6) is 0. The Bertz CT molecular complexity index is 965. The van der Waals surface area contributed by atoms with Crippen molar-refractivity contribution in [2.75, 3.05) is 0 Å². The van der Waals surface area contributed by atoms with Crippen molar-refractivity contribution in [1.82, 2.24) is 0 Å². The van der Waals surface area contributed by atoms with Gasteiger partial charge in [0.2, 0.25) is 0 Å². The van der Waals surface area contributed by atoms with Crippen molar-refractivity contribution >= 4 is 29.2 Å². The van der Waals surface area contributed by atoms with Crippen LogP contribution in [0.15, 0.2) is 121 Å². The van der Waals surface area contributed by atoms with E-state index in [-0.39, 0.29) is 0 Å². The van der Waals surface area contributed by atoms with Gasteiger partial charge in [-0.3, -0.25) is 0 Å². The van der Waals surface area contributed by atoms with E-state index in [2.05, 4.69) is 48.5 Å². The molecule has 0 bridgehead atoms. The molecule has 2 nitrogen and oxygen atoms in total. The van der Waals surface area contributed by atoms with Gasteiger partial charge in [-0.15, -0.1) is 0 Å². The predicted molar refractivity (Wildman–Crippen MR) is 122 cm³/mol. The van der Waals surface area contributed by atoms with Crippen LogP contribution in [0.5, 0.6) is 0 Å². The zero-order valence-electron chi connectivity index (χ0n) is 16.1. The van der Waals surface area contributed by atoms with E-state index >= 15 is 0 Å². The van der Waals surface area contributed by atoms with Crippen molar-refractivity contribution in [3.05, 3.63) is 127 Å². The maximum absolute atomic E-state index is 12.1. The summed E-state index contributed by atoms with van der Waals surface area (Å²) in [4.78, 5) is 12.1. The Hall–Kier alpha value is -3.22. The second-order valence-corrected chi connectivity index (χ2v) is 11.6. The molecule has 0 aliphatic carbocycles. The molecule has 0 amide bonds. The number of carbonyl (C=O) groups is 1. The van der Waals surface area contributed by atoms with Crippen molar-refractivity contribution in [2.24, 2.45) is 0 Å². The van der Waals surface area contributed by atoms with E-state index in [0.29, 0.717) is 12.6 Å². The van der Waals surface area contributed by atoms with Crippen LogP contribution in [0.2, 0.25) is 0 Å². The molecule has 3 heteroatoms. The summed E-state index contributed by atoms with van der Waals surface area (Å²) in [7, 11) is 0. The number of rotatable bonds is 7. The molecule has 4 aromatic carbocycles. The van der Waals surface area contributed by atoms with Crippen molar-refractivity contribution in [3.8, 4) is 0 Å². The summed E-state index contributed by atoms with van der Waals surface area (Å²) in [6, 6.07) is 40.9. The number of benzene rings is 4. The first-order chi connectivity index (χ1) is 14.3. The molecular weight excluding hydrogens is 375 g/mol. The molecule has 0 saturated carbocycles. The fourth-order valence-electron chi connectivity index (χ4n) is 4.20. The quantitative estimate of drug-likeness (QED) is 0.330. The number of hydrogen-bond donors (Lipinski definition) is 0. The van der Waals surface area contributed by atoms with Crippen LogP contribution in [-0.2, 0) is 15.5 Å². The van der Waals surface area contributed by atoms with Crippen LogP contribution in [0.3, 0.4) is 0 Å². The third-order valence-corrected chi connectivity index (χ3v) is 11.2. The van der Waals surface area contributed by atoms with Gasteiger partial charge in [0.25, 0.3) is 0 Å². The van der Waals surface area contributed by atoms with Crippen LogP contribution in [-0.4, -0.2) is 6.47 Å². The third kappa shape index (κ3) is 3.16. The van der Waals surface area contributed by atoms with Crippen molar-refractivity contribution < 1.29 is 9.32 Å². The van der Waals surface area contributed by atoms with Gasteiger partial charge in [0.15, 0.2) is 0 Å². The van der Waals surface area contributed by atoms with E-state index in [4.69, 9.17) is 4.52 Å². The average molecular weight is 398 g/mol. The molecular formula is C26H23O2P. The third-order valence-electron chi connectivity index (χ3n) is 5.51. The van der Waals surface area contributed by atoms with Gasteiger partial charge in [0.05, 0.1) is 0 Å². The van der Waals surface area contributed by atoms with Gasteiger partial charge in [0, 0.05) is 0 Å². The Kier molecular flexibility index (Phi) is 5.29. The fraction of sp³-hybridized carbons (Fsp3) is 0.0385. The van der Waals surface area contributed by atoms with Gasteiger partial charge in [0.1, 0.15) is 0 Å². The number of carbonyl (C=O) groups excluding carboxylic acids is 1. The molecule has 0 unspecified atom stereocenters. The molecule has 0 aliphatic rings. The van der Waals surface area contributed by atoms with Gasteiger partial charge in [-0.1, -0.05) is 0 Å². The first-order valence-electron chi connectivity index (χ1n) is 9.64. The van der Waals surface area contributed by atoms with Crippen LogP contribution in [0.1, 0.15) is 5.56 Å². The van der Waals surface area contributed by atoms with E-state index in [1.165, 1.54) is 0 Å². The minimum absolute atomic E-state index is 0.600. The summed E-state index contributed by atoms with van der Waals surface area (Å²) in [6.07, 6.45) is 0.600. The van der Waals surface area contributed by atoms with Crippen LogP contribution in [0, 0.1) is 0 Å². The van der Waals surface area contributed by atoms with E-state index in [1.54, 1.807) is 0 Å². The summed E-state index contributed by atoms with van der Waals surface area (Å²) in [5.41, 5.74) is 1.13. The Morgan fingerprint density at radius 2 is 0.897 bits per heavy atom. The van der Waals surface area contributed by atoms with Crippen LogP contribution in [0.25, 0.3) is 0 Å². The molecule has 0 N–H and O–H groups in total. The molecule has 144 valence electrons. The molecule has 4 aromatic rings. The predicted octanol–water partition coefficient (Wildman–Crippen LogP) is 4.80. The van der Waals surface area contributed by atoms with Gasteiger partial charge < -0.3 is 0 Å². The molecule has 4 rings (SSSR count). The van der Waals surface area contributed by atoms with Crippen LogP contribution in [0.4, 0.5) is 0 Å². The molecule has 0 radical (unpaired) electrons. The topological polar surface area (TPSA) is 26.3 Å². The normalized spacial score (nSPS) is 12.5. The molecule has 0 aromatic heterocycles. The molecule has 29 heavy (non-hydrogen) atoms. The summed E-state index contributed by atoms with van der Waals surface area (Å²) in [5, 5.41) is 3.10. The second kappa shape index (κ2) is 8.03. The van der Waals surface area contributed by atoms with Gasteiger partial charge in [-0.2, -0.15) is 0 Å². The molecule has 0 saturated heterocycles. The van der Waals surface area contributed by atoms with Gasteiger partial charge in [-0.25, -0.2) is 0 Å². The first kappa shape index (κ1) is 19.1. The maximum atomic E-state index is 12.1. The Morgan fingerprint density at radius 3 is 1.24 bits per heavy atom. The summed E-state index contributed by atoms with van der Waals surface area (Å²) < 4.78 is 6.43. The van der Waals surface area contributed by atoms with Gasteiger partial charge >= 0.3 is 172 Å². The monoisotopic (exact) mass is 398 g/mol. The Labute approximate surface area is 171 Å². The first-order valence-corrected chi connectivity index (χ1v) is 12.0. The van der Waals surface area contributed by atoms with Crippen molar-refractivity contribution in [2.45, 2.75) is 6.16 Å². The van der Waals surface area contributed by atoms with Crippen LogP contribution >= 0.6 is 6.83 Å². The van der Waals surface area contributed by atoms with Gasteiger partial charge in [-0.05, 0) is 0 Å². The zero-order chi connectivity index (χ0) is 20.0. The van der Waals surface area contributed by atoms with Crippen molar-refractivity contribution in [3.63, 3.8) is 0 Å². The molecule has 0 aliphatic heterocycles. The molecule has 0 fully saturated rings. The fourth-order valence-corrected chi connectivity index (χ4v) is 9.59. The Morgan fingerprint density at radius 1 is 0.552 bits per heavy atom. The van der Waals surface area contributed by atoms with E-state index in [1.807, 2.05) is 72.8 Å². The summed E-state index contributed by atoms with van der Waals surface area (Å²) in [6.45, 7) is -2.97. The van der Waals surface area contributed by atoms with Crippen LogP contribution < -0.4 is 15.9 Å².